The van der Waals surface area contributed by atoms with Gasteiger partial charge in [0.2, 0.25) is 0 Å². The number of nitriles is 1. The molecule has 0 radical (unpaired) electrons. The van der Waals surface area contributed by atoms with Gasteiger partial charge in [0.1, 0.15) is 0 Å². The molecule has 0 bridgehead atoms. The molecule has 20 heavy (non-hydrogen) atoms. The van der Waals surface area contributed by atoms with E-state index < -0.39 is 10.0 Å². The molecular weight excluding hydrogens is 274 g/mol. The molecule has 2 aromatic rings. The van der Waals surface area contributed by atoms with Gasteiger partial charge in [-0.15, -0.1) is 0 Å². The highest BCUT2D eigenvalue weighted by atomic mass is 32.2. The summed E-state index contributed by atoms with van der Waals surface area (Å²) in [5, 5.41) is 8.87. The van der Waals surface area contributed by atoms with Crippen molar-refractivity contribution in [3.05, 3.63) is 53.3 Å². The van der Waals surface area contributed by atoms with Crippen molar-refractivity contribution in [1.82, 2.24) is 4.98 Å². The molecule has 0 atom stereocenters. The van der Waals surface area contributed by atoms with Crippen molar-refractivity contribution in [3.63, 3.8) is 0 Å². The van der Waals surface area contributed by atoms with Gasteiger partial charge in [-0.1, -0.05) is 6.07 Å². The second-order valence-electron chi connectivity index (χ2n) is 4.38. The lowest BCUT2D eigenvalue weighted by Crippen LogP contribution is -2.14. The van der Waals surface area contributed by atoms with Gasteiger partial charge in [0.15, 0.2) is 0 Å². The van der Waals surface area contributed by atoms with Gasteiger partial charge < -0.3 is 0 Å². The summed E-state index contributed by atoms with van der Waals surface area (Å²) < 4.78 is 27.2. The van der Waals surface area contributed by atoms with Crippen molar-refractivity contribution in [2.45, 2.75) is 18.7 Å². The molecule has 1 N–H and O–H groups in total. The molecule has 6 heteroatoms. The lowest BCUT2D eigenvalue weighted by Gasteiger charge is -2.10. The van der Waals surface area contributed by atoms with Crippen LogP contribution in [0.1, 0.15) is 16.8 Å². The number of aryl methyl sites for hydroxylation is 2. The number of hydrogen-bond donors (Lipinski definition) is 1. The summed E-state index contributed by atoms with van der Waals surface area (Å²) in [5.41, 5.74) is 2.05. The molecule has 0 aliphatic heterocycles. The van der Waals surface area contributed by atoms with Crippen molar-refractivity contribution in [1.29, 1.82) is 5.26 Å². The quantitative estimate of drug-likeness (QED) is 0.939. The third kappa shape index (κ3) is 2.95. The van der Waals surface area contributed by atoms with Crippen LogP contribution < -0.4 is 4.72 Å². The molecule has 1 heterocycles. The number of sulfonamides is 1. The summed E-state index contributed by atoms with van der Waals surface area (Å²) in [6.07, 6.45) is 1.53. The van der Waals surface area contributed by atoms with Crippen LogP contribution in [0.25, 0.3) is 0 Å². The topological polar surface area (TPSA) is 82.9 Å². The molecule has 5 nitrogen and oxygen atoms in total. The lowest BCUT2D eigenvalue weighted by molar-refractivity contribution is 0.600. The summed E-state index contributed by atoms with van der Waals surface area (Å²) in [7, 11) is -3.72. The smallest absolute Gasteiger partial charge is 0.262 e. The Morgan fingerprint density at radius 2 is 1.95 bits per heavy atom. The van der Waals surface area contributed by atoms with E-state index in [4.69, 9.17) is 5.26 Å². The van der Waals surface area contributed by atoms with Gasteiger partial charge in [-0.2, -0.15) is 5.26 Å². The van der Waals surface area contributed by atoms with Gasteiger partial charge in [-0.25, -0.2) is 8.42 Å². The minimum absolute atomic E-state index is 0.103. The first kappa shape index (κ1) is 14.0. The summed E-state index contributed by atoms with van der Waals surface area (Å²) in [4.78, 5) is 4.11. The molecule has 102 valence electrons. The van der Waals surface area contributed by atoms with Crippen LogP contribution in [0.3, 0.4) is 0 Å². The number of nitrogens with one attached hydrogen (secondary N) is 1. The van der Waals surface area contributed by atoms with Gasteiger partial charge >= 0.3 is 0 Å². The molecule has 0 fully saturated rings. The maximum atomic E-state index is 12.4. The van der Waals surface area contributed by atoms with E-state index in [1.807, 2.05) is 6.07 Å². The third-order valence-corrected chi connectivity index (χ3v) is 4.28. The minimum Gasteiger partial charge on any atom is -0.280 e. The average Bonchev–Trinajstić information content (AvgIpc) is 2.38. The highest BCUT2D eigenvalue weighted by molar-refractivity contribution is 7.92. The van der Waals surface area contributed by atoms with E-state index in [0.717, 1.165) is 0 Å². The van der Waals surface area contributed by atoms with E-state index in [-0.39, 0.29) is 4.90 Å². The average molecular weight is 287 g/mol. The van der Waals surface area contributed by atoms with Crippen LogP contribution >= 0.6 is 0 Å². The van der Waals surface area contributed by atoms with E-state index in [2.05, 4.69) is 9.71 Å². The predicted molar refractivity (Wildman–Crippen MR) is 75.7 cm³/mol. The highest BCUT2D eigenvalue weighted by Crippen LogP contribution is 2.20. The monoisotopic (exact) mass is 287 g/mol. The van der Waals surface area contributed by atoms with Crippen molar-refractivity contribution in [2.24, 2.45) is 0 Å². The zero-order valence-electron chi connectivity index (χ0n) is 11.1. The molecule has 0 aliphatic carbocycles. The van der Waals surface area contributed by atoms with Crippen LogP contribution in [-0.4, -0.2) is 13.4 Å². The van der Waals surface area contributed by atoms with Crippen molar-refractivity contribution in [2.75, 3.05) is 4.72 Å². The normalized spacial score (nSPS) is 10.8. The standard InChI is InChI=1S/C14H13N3O2S/c1-10-3-4-12(9-15)8-14(10)20(18,19)17-13-5-6-16-11(2)7-13/h3-8H,1-2H3,(H,16,17). The fourth-order valence-electron chi connectivity index (χ4n) is 1.78. The largest absolute Gasteiger partial charge is 0.280 e. The van der Waals surface area contributed by atoms with Crippen LogP contribution in [0.5, 0.6) is 0 Å². The van der Waals surface area contributed by atoms with Gasteiger partial charge in [0, 0.05) is 11.9 Å². The Hall–Kier alpha value is -2.39. The predicted octanol–water partition coefficient (Wildman–Crippen LogP) is 2.37. The fraction of sp³-hybridized carbons (Fsp3) is 0.143. The van der Waals surface area contributed by atoms with Crippen LogP contribution in [0.4, 0.5) is 5.69 Å². The van der Waals surface area contributed by atoms with E-state index in [9.17, 15) is 8.42 Å². The number of nitrogens with zero attached hydrogens (tertiary/aromatic N) is 2. The lowest BCUT2D eigenvalue weighted by atomic mass is 10.2. The maximum absolute atomic E-state index is 12.4. The molecule has 0 spiro atoms. The molecule has 0 amide bonds. The number of pyridine rings is 1. The SMILES string of the molecule is Cc1cc(NS(=O)(=O)c2cc(C#N)ccc2C)ccn1. The van der Waals surface area contributed by atoms with Gasteiger partial charge in [-0.05, 0) is 43.7 Å². The van der Waals surface area contributed by atoms with Crippen molar-refractivity contribution < 1.29 is 8.42 Å². The van der Waals surface area contributed by atoms with Gasteiger partial charge in [0.05, 0.1) is 22.2 Å². The van der Waals surface area contributed by atoms with Gasteiger partial charge in [0.25, 0.3) is 10.0 Å². The van der Waals surface area contributed by atoms with Crippen molar-refractivity contribution >= 4 is 15.7 Å². The zero-order valence-corrected chi connectivity index (χ0v) is 11.9. The molecule has 0 saturated carbocycles. The Morgan fingerprint density at radius 1 is 1.20 bits per heavy atom. The first-order chi connectivity index (χ1) is 9.42. The zero-order chi connectivity index (χ0) is 14.8. The summed E-state index contributed by atoms with van der Waals surface area (Å²) in [5.74, 6) is 0. The van der Waals surface area contributed by atoms with Crippen LogP contribution in [0, 0.1) is 25.2 Å². The Kier molecular flexibility index (Phi) is 3.72. The number of aromatic nitrogens is 1. The Balaban J connectivity index is 2.43. The number of benzene rings is 1. The van der Waals surface area contributed by atoms with E-state index >= 15 is 0 Å². The van der Waals surface area contributed by atoms with Crippen molar-refractivity contribution in [3.8, 4) is 6.07 Å². The fourth-order valence-corrected chi connectivity index (χ4v) is 3.10. The number of anilines is 1. The van der Waals surface area contributed by atoms with E-state index in [0.29, 0.717) is 22.5 Å². The first-order valence-corrected chi connectivity index (χ1v) is 7.37. The van der Waals surface area contributed by atoms with Crippen LogP contribution in [0.2, 0.25) is 0 Å². The summed E-state index contributed by atoms with van der Waals surface area (Å²) in [6.45, 7) is 3.47. The maximum Gasteiger partial charge on any atom is 0.262 e. The Bertz CT molecular complexity index is 792. The molecule has 2 rings (SSSR count). The first-order valence-electron chi connectivity index (χ1n) is 5.88. The Morgan fingerprint density at radius 3 is 2.60 bits per heavy atom. The molecule has 1 aromatic heterocycles. The number of rotatable bonds is 3. The van der Waals surface area contributed by atoms with Gasteiger partial charge in [-0.3, -0.25) is 9.71 Å². The Labute approximate surface area is 118 Å². The molecule has 0 aliphatic rings. The second kappa shape index (κ2) is 5.31. The molecule has 1 aromatic carbocycles. The molecular formula is C14H13N3O2S. The van der Waals surface area contributed by atoms with Crippen LogP contribution in [-0.2, 0) is 10.0 Å². The molecule has 0 saturated heterocycles. The minimum atomic E-state index is -3.72. The number of hydrogen-bond acceptors (Lipinski definition) is 4. The van der Waals surface area contributed by atoms with E-state index in [1.165, 1.54) is 12.3 Å². The van der Waals surface area contributed by atoms with Crippen LogP contribution in [0.15, 0.2) is 41.4 Å². The molecule has 0 unspecified atom stereocenters. The summed E-state index contributed by atoms with van der Waals surface area (Å²) >= 11 is 0. The second-order valence-corrected chi connectivity index (χ2v) is 6.03. The third-order valence-electron chi connectivity index (χ3n) is 2.76. The summed E-state index contributed by atoms with van der Waals surface area (Å²) in [6, 6.07) is 9.73. The highest BCUT2D eigenvalue weighted by Gasteiger charge is 2.17. The van der Waals surface area contributed by atoms with E-state index in [1.54, 1.807) is 38.1 Å².